The van der Waals surface area contributed by atoms with Gasteiger partial charge in [0.25, 0.3) is 0 Å². The number of rotatable bonds is 6. The molecule has 4 nitrogen and oxygen atoms in total. The number of benzene rings is 1. The average Bonchev–Trinajstić information content (AvgIpc) is 2.50. The summed E-state index contributed by atoms with van der Waals surface area (Å²) in [6, 6.07) is 5.58. The first kappa shape index (κ1) is 19.1. The van der Waals surface area contributed by atoms with Crippen molar-refractivity contribution in [3.8, 4) is 5.75 Å². The Labute approximate surface area is 143 Å². The molecule has 1 aromatic rings. The second-order valence-corrected chi connectivity index (χ2v) is 5.98. The molecule has 22 heavy (non-hydrogen) atoms. The van der Waals surface area contributed by atoms with Gasteiger partial charge in [-0.15, -0.1) is 12.4 Å². The lowest BCUT2D eigenvalue weighted by atomic mass is 9.95. The molecule has 1 aromatic carbocycles. The number of amides is 1. The topological polar surface area (TPSA) is 64.3 Å². The molecule has 0 fully saturated rings. The van der Waals surface area contributed by atoms with E-state index in [9.17, 15) is 4.79 Å². The summed E-state index contributed by atoms with van der Waals surface area (Å²) in [5.41, 5.74) is 6.72. The number of carbonyl (C=O) groups excluding carboxylic acids is 1. The summed E-state index contributed by atoms with van der Waals surface area (Å²) >= 11 is 6.00. The number of hydrogen-bond acceptors (Lipinski definition) is 3. The SMILES string of the molecule is CCCCC(CN)NC(=O)C1COc2ccc(Cl)cc2C1.Cl. The molecule has 2 atom stereocenters. The van der Waals surface area contributed by atoms with E-state index in [1.165, 1.54) is 0 Å². The molecule has 0 spiro atoms. The van der Waals surface area contributed by atoms with E-state index >= 15 is 0 Å². The van der Waals surface area contributed by atoms with Gasteiger partial charge in [0.1, 0.15) is 12.4 Å². The van der Waals surface area contributed by atoms with Crippen LogP contribution in [0, 0.1) is 5.92 Å². The molecule has 2 unspecified atom stereocenters. The van der Waals surface area contributed by atoms with Crippen LogP contribution >= 0.6 is 24.0 Å². The maximum absolute atomic E-state index is 12.3. The minimum atomic E-state index is -0.174. The van der Waals surface area contributed by atoms with Crippen molar-refractivity contribution in [3.05, 3.63) is 28.8 Å². The Morgan fingerprint density at radius 2 is 2.32 bits per heavy atom. The van der Waals surface area contributed by atoms with E-state index in [4.69, 9.17) is 22.1 Å². The van der Waals surface area contributed by atoms with E-state index in [0.717, 1.165) is 30.6 Å². The molecule has 1 aliphatic heterocycles. The van der Waals surface area contributed by atoms with Crippen molar-refractivity contribution in [2.75, 3.05) is 13.2 Å². The number of unbranched alkanes of at least 4 members (excludes halogenated alkanes) is 1. The summed E-state index contributed by atoms with van der Waals surface area (Å²) in [5, 5.41) is 3.71. The predicted molar refractivity (Wildman–Crippen MR) is 91.9 cm³/mol. The van der Waals surface area contributed by atoms with E-state index in [1.54, 1.807) is 6.07 Å². The van der Waals surface area contributed by atoms with E-state index in [0.29, 0.717) is 24.6 Å². The molecular weight excluding hydrogens is 323 g/mol. The predicted octanol–water partition coefficient (Wildman–Crippen LogP) is 2.95. The van der Waals surface area contributed by atoms with E-state index in [-0.39, 0.29) is 30.3 Å². The second-order valence-electron chi connectivity index (χ2n) is 5.55. The lowest BCUT2D eigenvalue weighted by Gasteiger charge is -2.26. The largest absolute Gasteiger partial charge is 0.492 e. The third kappa shape index (κ3) is 5.04. The summed E-state index contributed by atoms with van der Waals surface area (Å²) in [6.07, 6.45) is 3.76. The zero-order chi connectivity index (χ0) is 15.2. The minimum absolute atomic E-state index is 0. The monoisotopic (exact) mass is 346 g/mol. The van der Waals surface area contributed by atoms with Crippen molar-refractivity contribution < 1.29 is 9.53 Å². The molecule has 0 aromatic heterocycles. The van der Waals surface area contributed by atoms with E-state index < -0.39 is 0 Å². The maximum Gasteiger partial charge on any atom is 0.227 e. The normalized spacial score (nSPS) is 17.7. The van der Waals surface area contributed by atoms with Gasteiger partial charge in [0.15, 0.2) is 0 Å². The number of nitrogens with two attached hydrogens (primary N) is 1. The Balaban J connectivity index is 0.00000242. The van der Waals surface area contributed by atoms with Crippen LogP contribution in [0.4, 0.5) is 0 Å². The van der Waals surface area contributed by atoms with Crippen LogP contribution in [0.1, 0.15) is 31.7 Å². The van der Waals surface area contributed by atoms with Crippen molar-refractivity contribution in [2.45, 2.75) is 38.6 Å². The zero-order valence-corrected chi connectivity index (χ0v) is 14.4. The van der Waals surface area contributed by atoms with Crippen molar-refractivity contribution in [1.82, 2.24) is 5.32 Å². The van der Waals surface area contributed by atoms with Crippen LogP contribution in [0.3, 0.4) is 0 Å². The summed E-state index contributed by atoms with van der Waals surface area (Å²) in [4.78, 5) is 12.3. The molecule has 1 aliphatic rings. The third-order valence-corrected chi connectivity index (χ3v) is 4.07. The molecule has 2 rings (SSSR count). The molecule has 0 radical (unpaired) electrons. The number of carbonyl (C=O) groups is 1. The van der Waals surface area contributed by atoms with Gasteiger partial charge in [-0.2, -0.15) is 0 Å². The zero-order valence-electron chi connectivity index (χ0n) is 12.8. The summed E-state index contributed by atoms with van der Waals surface area (Å²) in [6.45, 7) is 3.01. The first-order valence-electron chi connectivity index (χ1n) is 7.55. The van der Waals surface area contributed by atoms with Gasteiger partial charge in [0.05, 0.1) is 5.92 Å². The standard InChI is InChI=1S/C16H23ClN2O2.ClH/c1-2-3-4-14(9-18)19-16(20)12-7-11-8-13(17)5-6-15(11)21-10-12;/h5-6,8,12,14H,2-4,7,9-10,18H2,1H3,(H,19,20);1H. The average molecular weight is 347 g/mol. The van der Waals surface area contributed by atoms with Gasteiger partial charge >= 0.3 is 0 Å². The fraction of sp³-hybridized carbons (Fsp3) is 0.562. The highest BCUT2D eigenvalue weighted by atomic mass is 35.5. The molecule has 1 amide bonds. The first-order chi connectivity index (χ1) is 10.1. The fourth-order valence-electron chi connectivity index (χ4n) is 2.55. The van der Waals surface area contributed by atoms with E-state index in [2.05, 4.69) is 12.2 Å². The van der Waals surface area contributed by atoms with Gasteiger partial charge in [-0.3, -0.25) is 4.79 Å². The van der Waals surface area contributed by atoms with Crippen molar-refractivity contribution >= 4 is 29.9 Å². The van der Waals surface area contributed by atoms with Crippen LogP contribution in [0.15, 0.2) is 18.2 Å². The summed E-state index contributed by atoms with van der Waals surface area (Å²) in [7, 11) is 0. The lowest BCUT2D eigenvalue weighted by molar-refractivity contribution is -0.127. The highest BCUT2D eigenvalue weighted by molar-refractivity contribution is 6.30. The van der Waals surface area contributed by atoms with Gasteiger partial charge < -0.3 is 15.8 Å². The van der Waals surface area contributed by atoms with Crippen LogP contribution < -0.4 is 15.8 Å². The number of hydrogen-bond donors (Lipinski definition) is 2. The Morgan fingerprint density at radius 3 is 3.00 bits per heavy atom. The van der Waals surface area contributed by atoms with Gasteiger partial charge in [-0.1, -0.05) is 31.4 Å². The molecule has 124 valence electrons. The van der Waals surface area contributed by atoms with Gasteiger partial charge in [-0.05, 0) is 36.6 Å². The highest BCUT2D eigenvalue weighted by Crippen LogP contribution is 2.29. The Hall–Kier alpha value is -0.970. The molecule has 0 bridgehead atoms. The van der Waals surface area contributed by atoms with Crippen LogP contribution in [0.25, 0.3) is 0 Å². The fourth-order valence-corrected chi connectivity index (χ4v) is 2.74. The molecule has 1 heterocycles. The lowest BCUT2D eigenvalue weighted by Crippen LogP contribution is -2.45. The van der Waals surface area contributed by atoms with E-state index in [1.807, 2.05) is 12.1 Å². The number of halogens is 2. The Bertz CT molecular complexity index is 497. The quantitative estimate of drug-likeness (QED) is 0.832. The van der Waals surface area contributed by atoms with Gasteiger partial charge in [0.2, 0.25) is 5.91 Å². The third-order valence-electron chi connectivity index (χ3n) is 3.84. The number of fused-ring (bicyclic) bond motifs is 1. The Kier molecular flexibility index (Phi) is 8.01. The molecule has 0 saturated heterocycles. The molecular formula is C16H24Cl2N2O2. The molecule has 3 N–H and O–H groups in total. The van der Waals surface area contributed by atoms with Crippen LogP contribution in [0.5, 0.6) is 5.75 Å². The summed E-state index contributed by atoms with van der Waals surface area (Å²) < 4.78 is 5.66. The minimum Gasteiger partial charge on any atom is -0.492 e. The van der Waals surface area contributed by atoms with Crippen LogP contribution in [0.2, 0.25) is 5.02 Å². The van der Waals surface area contributed by atoms with Crippen molar-refractivity contribution in [1.29, 1.82) is 0 Å². The van der Waals surface area contributed by atoms with Crippen molar-refractivity contribution in [3.63, 3.8) is 0 Å². The van der Waals surface area contributed by atoms with Gasteiger partial charge in [-0.25, -0.2) is 0 Å². The second kappa shape index (κ2) is 9.23. The number of nitrogens with one attached hydrogen (secondary N) is 1. The molecule has 6 heteroatoms. The van der Waals surface area contributed by atoms with Crippen molar-refractivity contribution in [2.24, 2.45) is 11.7 Å². The highest BCUT2D eigenvalue weighted by Gasteiger charge is 2.27. The van der Waals surface area contributed by atoms with Crippen LogP contribution in [-0.2, 0) is 11.2 Å². The molecule has 0 saturated carbocycles. The van der Waals surface area contributed by atoms with Gasteiger partial charge in [0, 0.05) is 17.6 Å². The Morgan fingerprint density at radius 1 is 1.55 bits per heavy atom. The van der Waals surface area contributed by atoms with Crippen LogP contribution in [-0.4, -0.2) is 25.1 Å². The number of ether oxygens (including phenoxy) is 1. The summed E-state index contributed by atoms with van der Waals surface area (Å²) in [5.74, 6) is 0.670. The first-order valence-corrected chi connectivity index (χ1v) is 7.93. The smallest absolute Gasteiger partial charge is 0.227 e. The molecule has 0 aliphatic carbocycles. The maximum atomic E-state index is 12.3.